The van der Waals surface area contributed by atoms with Crippen LogP contribution in [0.2, 0.25) is 5.02 Å². The molecule has 0 saturated carbocycles. The molecule has 0 bridgehead atoms. The summed E-state index contributed by atoms with van der Waals surface area (Å²) in [6, 6.07) is 1.46. The highest BCUT2D eigenvalue weighted by Gasteiger charge is 2.22. The van der Waals surface area contributed by atoms with Gasteiger partial charge < -0.3 is 11.1 Å². The number of anilines is 1. The number of hydrogen-bond acceptors (Lipinski definition) is 3. The molecule has 0 saturated heterocycles. The molecule has 0 aromatic carbocycles. The molecule has 0 spiro atoms. The van der Waals surface area contributed by atoms with Crippen LogP contribution in [-0.2, 0) is 0 Å². The number of aromatic nitrogens is 1. The number of carbonyl (C=O) groups is 1. The van der Waals surface area contributed by atoms with Crippen LogP contribution in [0.25, 0.3) is 0 Å². The van der Waals surface area contributed by atoms with Crippen LogP contribution in [0.1, 0.15) is 30.6 Å². The zero-order valence-electron chi connectivity index (χ0n) is 9.75. The topological polar surface area (TPSA) is 68.0 Å². The van der Waals surface area contributed by atoms with Gasteiger partial charge in [-0.3, -0.25) is 4.79 Å². The summed E-state index contributed by atoms with van der Waals surface area (Å²) in [6.45, 7) is 3.67. The molecule has 5 heteroatoms. The van der Waals surface area contributed by atoms with E-state index in [9.17, 15) is 4.79 Å². The first-order chi connectivity index (χ1) is 7.91. The van der Waals surface area contributed by atoms with Gasteiger partial charge in [0.25, 0.3) is 5.91 Å². The third kappa shape index (κ3) is 3.11. The van der Waals surface area contributed by atoms with E-state index in [4.69, 9.17) is 23.8 Å². The van der Waals surface area contributed by atoms with Crippen molar-refractivity contribution >= 4 is 23.3 Å². The maximum Gasteiger partial charge on any atom is 0.254 e. The van der Waals surface area contributed by atoms with Gasteiger partial charge in [0.2, 0.25) is 0 Å². The third-order valence-corrected chi connectivity index (χ3v) is 2.85. The number of nitrogens with zero attached hydrogens (tertiary/aromatic N) is 1. The lowest BCUT2D eigenvalue weighted by Gasteiger charge is -2.23. The lowest BCUT2D eigenvalue weighted by molar-refractivity contribution is 0.0923. The average molecular weight is 252 g/mol. The third-order valence-electron chi connectivity index (χ3n) is 2.55. The van der Waals surface area contributed by atoms with Crippen molar-refractivity contribution < 1.29 is 4.79 Å². The molecular formula is C12H14ClN3O. The Morgan fingerprint density at radius 1 is 1.76 bits per heavy atom. The molecule has 90 valence electrons. The smallest absolute Gasteiger partial charge is 0.254 e. The molecule has 0 aliphatic carbocycles. The lowest BCUT2D eigenvalue weighted by atomic mass is 10.00. The molecule has 4 nitrogen and oxygen atoms in total. The van der Waals surface area contributed by atoms with E-state index in [0.717, 1.165) is 0 Å². The zero-order valence-corrected chi connectivity index (χ0v) is 10.5. The van der Waals surface area contributed by atoms with Crippen molar-refractivity contribution in [2.24, 2.45) is 0 Å². The van der Waals surface area contributed by atoms with E-state index in [1.54, 1.807) is 6.92 Å². The summed E-state index contributed by atoms with van der Waals surface area (Å²) in [4.78, 5) is 15.7. The largest absolute Gasteiger partial charge is 0.382 e. The van der Waals surface area contributed by atoms with Gasteiger partial charge in [-0.25, -0.2) is 4.98 Å². The van der Waals surface area contributed by atoms with Crippen LogP contribution in [0.4, 0.5) is 5.82 Å². The van der Waals surface area contributed by atoms with Crippen LogP contribution in [0, 0.1) is 12.3 Å². The normalized spacial score (nSPS) is 13.5. The van der Waals surface area contributed by atoms with E-state index in [-0.39, 0.29) is 16.7 Å². The van der Waals surface area contributed by atoms with E-state index in [1.807, 2.05) is 6.92 Å². The molecule has 0 aliphatic heterocycles. The Balaban J connectivity index is 2.91. The van der Waals surface area contributed by atoms with Crippen molar-refractivity contribution in [3.63, 3.8) is 0 Å². The van der Waals surface area contributed by atoms with Crippen LogP contribution < -0.4 is 11.1 Å². The molecule has 1 atom stereocenters. The van der Waals surface area contributed by atoms with Gasteiger partial charge in [-0.05, 0) is 19.4 Å². The van der Waals surface area contributed by atoms with Gasteiger partial charge in [0, 0.05) is 6.20 Å². The first-order valence-corrected chi connectivity index (χ1v) is 5.51. The number of hydrogen-bond donors (Lipinski definition) is 2. The summed E-state index contributed by atoms with van der Waals surface area (Å²) < 4.78 is 0. The number of amides is 1. The molecule has 0 radical (unpaired) electrons. The van der Waals surface area contributed by atoms with E-state index < -0.39 is 5.54 Å². The van der Waals surface area contributed by atoms with Crippen LogP contribution in [0.3, 0.4) is 0 Å². The molecule has 0 aliphatic rings. The van der Waals surface area contributed by atoms with Crippen LogP contribution in [0.15, 0.2) is 12.3 Å². The van der Waals surface area contributed by atoms with Crippen molar-refractivity contribution in [2.45, 2.75) is 25.8 Å². The van der Waals surface area contributed by atoms with E-state index in [1.165, 1.54) is 12.3 Å². The highest BCUT2D eigenvalue weighted by Crippen LogP contribution is 2.17. The second kappa shape index (κ2) is 5.07. The van der Waals surface area contributed by atoms with E-state index >= 15 is 0 Å². The fraction of sp³-hybridized carbons (Fsp3) is 0.333. The molecular weight excluding hydrogens is 238 g/mol. The van der Waals surface area contributed by atoms with Gasteiger partial charge in [-0.15, -0.1) is 6.42 Å². The Bertz CT molecular complexity index is 481. The Labute approximate surface area is 106 Å². The van der Waals surface area contributed by atoms with E-state index in [0.29, 0.717) is 12.0 Å². The Kier molecular flexibility index (Phi) is 3.97. The van der Waals surface area contributed by atoms with Gasteiger partial charge in [-0.1, -0.05) is 24.4 Å². The summed E-state index contributed by atoms with van der Waals surface area (Å²) in [6.07, 6.45) is 7.37. The van der Waals surface area contributed by atoms with Crippen LogP contribution in [0.5, 0.6) is 0 Å². The second-order valence-electron chi connectivity index (χ2n) is 3.88. The number of pyridine rings is 1. The number of nitrogens with one attached hydrogen (secondary N) is 1. The molecule has 1 amide bonds. The minimum absolute atomic E-state index is 0.193. The molecule has 1 heterocycles. The Morgan fingerprint density at radius 3 is 2.88 bits per heavy atom. The molecule has 1 rings (SSSR count). The zero-order chi connectivity index (χ0) is 13.1. The number of halogens is 1. The predicted octanol–water partition coefficient (Wildman–Crippen LogP) is 1.85. The van der Waals surface area contributed by atoms with Crippen molar-refractivity contribution in [1.82, 2.24) is 10.3 Å². The van der Waals surface area contributed by atoms with Crippen molar-refractivity contribution in [3.8, 4) is 12.3 Å². The van der Waals surface area contributed by atoms with Gasteiger partial charge in [-0.2, -0.15) is 0 Å². The van der Waals surface area contributed by atoms with Crippen molar-refractivity contribution in [1.29, 1.82) is 0 Å². The average Bonchev–Trinajstić information content (AvgIpc) is 2.32. The fourth-order valence-electron chi connectivity index (χ4n) is 1.12. The number of nitrogen functional groups attached to an aromatic ring is 1. The number of nitrogens with two attached hydrogens (primary N) is 1. The predicted molar refractivity (Wildman–Crippen MR) is 68.7 cm³/mol. The number of carbonyl (C=O) groups excluding carboxylic acids is 1. The maximum atomic E-state index is 11.9. The summed E-state index contributed by atoms with van der Waals surface area (Å²) in [7, 11) is 0. The molecule has 1 aromatic rings. The highest BCUT2D eigenvalue weighted by atomic mass is 35.5. The Hall–Kier alpha value is -1.73. The molecule has 17 heavy (non-hydrogen) atoms. The quantitative estimate of drug-likeness (QED) is 0.806. The standard InChI is InChI=1S/C12H14ClN3O/c1-4-12(3,5-2)16-11(17)8-6-9(13)10(14)15-7-8/h1,6-7H,5H2,2-3H3,(H2,14,15)(H,16,17). The monoisotopic (exact) mass is 251 g/mol. The SMILES string of the molecule is C#CC(C)(CC)NC(=O)c1cnc(N)c(Cl)c1. The lowest BCUT2D eigenvalue weighted by Crippen LogP contribution is -2.44. The maximum absolute atomic E-state index is 11.9. The first-order valence-electron chi connectivity index (χ1n) is 5.13. The summed E-state index contributed by atoms with van der Waals surface area (Å²) in [5.74, 6) is 2.42. The molecule has 1 unspecified atom stereocenters. The minimum Gasteiger partial charge on any atom is -0.382 e. The second-order valence-corrected chi connectivity index (χ2v) is 4.28. The van der Waals surface area contributed by atoms with E-state index in [2.05, 4.69) is 16.2 Å². The molecule has 3 N–H and O–H groups in total. The number of terminal acetylenes is 1. The molecule has 1 aromatic heterocycles. The van der Waals surface area contributed by atoms with Crippen LogP contribution in [-0.4, -0.2) is 16.4 Å². The summed E-state index contributed by atoms with van der Waals surface area (Å²) in [5.41, 5.74) is 5.12. The van der Waals surface area contributed by atoms with Gasteiger partial charge in [0.15, 0.2) is 0 Å². The van der Waals surface area contributed by atoms with Gasteiger partial charge in [0.1, 0.15) is 5.82 Å². The highest BCUT2D eigenvalue weighted by molar-refractivity contribution is 6.33. The Morgan fingerprint density at radius 2 is 2.41 bits per heavy atom. The van der Waals surface area contributed by atoms with Crippen molar-refractivity contribution in [3.05, 3.63) is 22.8 Å². The van der Waals surface area contributed by atoms with Gasteiger partial charge in [0.05, 0.1) is 16.1 Å². The minimum atomic E-state index is -0.676. The first kappa shape index (κ1) is 13.3. The van der Waals surface area contributed by atoms with Crippen LogP contribution >= 0.6 is 11.6 Å². The number of rotatable bonds is 3. The molecule has 0 fully saturated rings. The summed E-state index contributed by atoms with van der Waals surface area (Å²) in [5, 5.41) is 2.99. The summed E-state index contributed by atoms with van der Waals surface area (Å²) >= 11 is 5.79. The van der Waals surface area contributed by atoms with Crippen molar-refractivity contribution in [2.75, 3.05) is 5.73 Å². The van der Waals surface area contributed by atoms with Gasteiger partial charge >= 0.3 is 0 Å². The fourth-order valence-corrected chi connectivity index (χ4v) is 1.29.